The molecule has 3 atom stereocenters. The number of benzene rings is 2. The summed E-state index contributed by atoms with van der Waals surface area (Å²) in [5.41, 5.74) is 2.25. The van der Waals surface area contributed by atoms with Gasteiger partial charge in [0.25, 0.3) is 0 Å². The number of fused-ring (bicyclic) bond motifs is 2. The highest BCUT2D eigenvalue weighted by molar-refractivity contribution is 8.47. The van der Waals surface area contributed by atoms with E-state index < -0.39 is 6.16 Å². The molecule has 3 unspecified atom stereocenters. The van der Waals surface area contributed by atoms with E-state index in [-0.39, 0.29) is 26.6 Å². The molecule has 0 saturated heterocycles. The second kappa shape index (κ2) is 11.1. The molecule has 5 nitrogen and oxygen atoms in total. The van der Waals surface area contributed by atoms with Crippen molar-refractivity contribution in [3.8, 4) is 11.5 Å². The molecule has 0 aliphatic carbocycles. The number of ether oxygens (including phenoxy) is 2. The summed E-state index contributed by atoms with van der Waals surface area (Å²) in [6.45, 7) is 2.89. The van der Waals surface area contributed by atoms with Crippen LogP contribution in [0.25, 0.3) is 0 Å². The second-order valence-corrected chi connectivity index (χ2v) is 9.65. The van der Waals surface area contributed by atoms with Gasteiger partial charge in [0.1, 0.15) is 26.2 Å². The van der Waals surface area contributed by atoms with Crippen LogP contribution < -0.4 is 10.1 Å². The molecule has 2 aromatic carbocycles. The van der Waals surface area contributed by atoms with Crippen molar-refractivity contribution in [1.82, 2.24) is 5.32 Å². The Morgan fingerprint density at radius 2 is 2.00 bits per heavy atom. The lowest BCUT2D eigenvalue weighted by Gasteiger charge is -2.27. The molecule has 1 aliphatic rings. The van der Waals surface area contributed by atoms with Crippen LogP contribution in [0.5, 0.6) is 11.5 Å². The number of carbonyl (C=O) groups excluding carboxylic acids is 1. The molecule has 0 aromatic heterocycles. The Morgan fingerprint density at radius 1 is 1.21 bits per heavy atom. The van der Waals surface area contributed by atoms with E-state index in [1.54, 1.807) is 0 Å². The highest BCUT2D eigenvalue weighted by atomic mass is 35.5. The van der Waals surface area contributed by atoms with Gasteiger partial charge in [-0.05, 0) is 48.4 Å². The summed E-state index contributed by atoms with van der Waals surface area (Å²) >= 11 is 7.76. The van der Waals surface area contributed by atoms with Crippen LogP contribution in [-0.4, -0.2) is 25.7 Å². The van der Waals surface area contributed by atoms with Crippen molar-refractivity contribution in [3.63, 3.8) is 0 Å². The minimum Gasteiger partial charge on any atom is -0.457 e. The lowest BCUT2D eigenvalue weighted by molar-refractivity contribution is 0.0968. The molecule has 0 fully saturated rings. The Labute approximate surface area is 182 Å². The van der Waals surface area contributed by atoms with Crippen LogP contribution in [-0.2, 0) is 9.26 Å². The summed E-state index contributed by atoms with van der Waals surface area (Å²) < 4.78 is 16.3. The van der Waals surface area contributed by atoms with Crippen molar-refractivity contribution >= 4 is 37.1 Å². The Balaban J connectivity index is 1.82. The quantitative estimate of drug-likeness (QED) is 0.208. The zero-order valence-electron chi connectivity index (χ0n) is 16.4. The van der Waals surface area contributed by atoms with Crippen LogP contribution in [0.3, 0.4) is 0 Å². The fourth-order valence-electron chi connectivity index (χ4n) is 3.68. The summed E-state index contributed by atoms with van der Waals surface area (Å²) in [5.74, 6) is 2.08. The van der Waals surface area contributed by atoms with Crippen LogP contribution in [0.2, 0.25) is 5.02 Å². The molecule has 8 heteroatoms. The van der Waals surface area contributed by atoms with Gasteiger partial charge in [0, 0.05) is 23.0 Å². The van der Waals surface area contributed by atoms with Gasteiger partial charge in [0.15, 0.2) is 0 Å². The predicted octanol–water partition coefficient (Wildman–Crippen LogP) is 6.69. The van der Waals surface area contributed by atoms with E-state index in [0.717, 1.165) is 29.9 Å². The molecule has 1 heterocycles. The van der Waals surface area contributed by atoms with Gasteiger partial charge in [-0.1, -0.05) is 54.5 Å². The number of para-hydroxylation sites is 1. The zero-order chi connectivity index (χ0) is 20.6. The van der Waals surface area contributed by atoms with Crippen LogP contribution in [0.4, 0.5) is 4.79 Å². The maximum Gasteiger partial charge on any atom is 0.512 e. The van der Waals surface area contributed by atoms with E-state index in [2.05, 4.69) is 18.3 Å². The van der Waals surface area contributed by atoms with E-state index in [1.807, 2.05) is 42.7 Å². The van der Waals surface area contributed by atoms with Crippen LogP contribution in [0.1, 0.15) is 42.7 Å². The van der Waals surface area contributed by atoms with E-state index in [0.29, 0.717) is 11.6 Å². The second-order valence-electron chi connectivity index (χ2n) is 6.71. The predicted molar refractivity (Wildman–Crippen MR) is 121 cm³/mol. The fourth-order valence-corrected chi connectivity index (χ4v) is 4.53. The Kier molecular flexibility index (Phi) is 8.49. The van der Waals surface area contributed by atoms with Crippen LogP contribution in [0.15, 0.2) is 42.5 Å². The lowest BCUT2D eigenvalue weighted by atomic mass is 9.79. The molecule has 0 bridgehead atoms. The van der Waals surface area contributed by atoms with Crippen molar-refractivity contribution < 1.29 is 18.8 Å². The number of halogens is 1. The van der Waals surface area contributed by atoms with Gasteiger partial charge in [0.2, 0.25) is 0 Å². The molecule has 1 aliphatic heterocycles. The molecule has 0 spiro atoms. The average molecular weight is 454 g/mol. The molecule has 3 rings (SSSR count). The molecular formula is C21H25ClNO4PS. The van der Waals surface area contributed by atoms with Crippen molar-refractivity contribution in [2.45, 2.75) is 31.6 Å². The number of rotatable bonds is 8. The molecule has 0 radical (unpaired) electrons. The maximum atomic E-state index is 11.6. The van der Waals surface area contributed by atoms with Gasteiger partial charge < -0.3 is 14.0 Å². The summed E-state index contributed by atoms with van der Waals surface area (Å²) in [7, 11) is 0.0438. The largest absolute Gasteiger partial charge is 0.512 e. The van der Waals surface area contributed by atoms with E-state index in [4.69, 9.17) is 25.6 Å². The summed E-state index contributed by atoms with van der Waals surface area (Å²) in [6, 6.07) is 13.9. The number of hydrogen-bond acceptors (Lipinski definition) is 6. The summed E-state index contributed by atoms with van der Waals surface area (Å²) in [5, 5.41) is 3.92. The van der Waals surface area contributed by atoms with Crippen molar-refractivity contribution in [1.29, 1.82) is 0 Å². The molecule has 2 aromatic rings. The maximum absolute atomic E-state index is 11.6. The van der Waals surface area contributed by atoms with Crippen LogP contribution in [0, 0.1) is 0 Å². The van der Waals surface area contributed by atoms with Crippen molar-refractivity contribution in [2.75, 3.05) is 19.5 Å². The topological polar surface area (TPSA) is 56.8 Å². The number of hydrogen-bond donors (Lipinski definition) is 1. The zero-order valence-corrected chi connectivity index (χ0v) is 19.0. The standard InChI is InChI=1S/C21H25ClNO4PS/c1-3-6-15-16-7-4-5-8-19(16)26-20-10-9-14(22)11-17(20)18(15)12-23-13-25-21(24)27-28-29-2/h4-5,7-11,15,18,23,28H,3,6,12-13H2,1-2H3. The average Bonchev–Trinajstić information content (AvgIpc) is 2.85. The minimum absolute atomic E-state index is 0.0438. The molecule has 1 N–H and O–H groups in total. The molecule has 0 saturated carbocycles. The lowest BCUT2D eigenvalue weighted by Crippen LogP contribution is -2.28. The first-order valence-corrected chi connectivity index (χ1v) is 12.8. The Bertz CT molecular complexity index is 838. The first kappa shape index (κ1) is 22.2. The van der Waals surface area contributed by atoms with Gasteiger partial charge in [-0.3, -0.25) is 5.32 Å². The van der Waals surface area contributed by atoms with Crippen molar-refractivity contribution in [2.24, 2.45) is 0 Å². The Morgan fingerprint density at radius 3 is 2.79 bits per heavy atom. The van der Waals surface area contributed by atoms with Crippen molar-refractivity contribution in [3.05, 3.63) is 58.6 Å². The minimum atomic E-state index is -0.659. The summed E-state index contributed by atoms with van der Waals surface area (Å²) in [4.78, 5) is 11.6. The van der Waals surface area contributed by atoms with Gasteiger partial charge in [-0.2, -0.15) is 0 Å². The van der Waals surface area contributed by atoms with Crippen LogP contribution >= 0.6 is 31.0 Å². The third kappa shape index (κ3) is 5.79. The Hall–Kier alpha value is -1.46. The third-order valence-corrected chi connectivity index (χ3v) is 6.26. The van der Waals surface area contributed by atoms with E-state index in [9.17, 15) is 4.79 Å². The fraction of sp³-hybridized carbons (Fsp3) is 0.381. The normalized spacial score (nSPS) is 17.9. The van der Waals surface area contributed by atoms with E-state index >= 15 is 0 Å². The molecular weight excluding hydrogens is 429 g/mol. The summed E-state index contributed by atoms with van der Waals surface area (Å²) in [6.07, 6.45) is 3.26. The third-order valence-electron chi connectivity index (χ3n) is 4.86. The molecule has 29 heavy (non-hydrogen) atoms. The molecule has 0 amide bonds. The van der Waals surface area contributed by atoms with Gasteiger partial charge in [-0.25, -0.2) is 4.79 Å². The highest BCUT2D eigenvalue weighted by Gasteiger charge is 2.32. The number of carbonyl (C=O) groups is 1. The molecule has 156 valence electrons. The monoisotopic (exact) mass is 453 g/mol. The van der Waals surface area contributed by atoms with E-state index in [1.165, 1.54) is 16.9 Å². The van der Waals surface area contributed by atoms with Gasteiger partial charge in [-0.15, -0.1) is 0 Å². The first-order chi connectivity index (χ1) is 14.1. The smallest absolute Gasteiger partial charge is 0.457 e. The SMILES string of the molecule is CCCC1c2ccccc2Oc2ccc(Cl)cc2C1CNCOC(=O)OPSC. The van der Waals surface area contributed by atoms with Gasteiger partial charge in [0.05, 0.1) is 0 Å². The first-order valence-electron chi connectivity index (χ1n) is 9.52. The van der Waals surface area contributed by atoms with Gasteiger partial charge >= 0.3 is 6.16 Å². The highest BCUT2D eigenvalue weighted by Crippen LogP contribution is 2.48. The number of nitrogens with one attached hydrogen (secondary N) is 1.